The number of aliphatic hydroxyl groups is 1. The monoisotopic (exact) mass is 370 g/mol. The molecular formula is C22H42O4. The highest BCUT2D eigenvalue weighted by Gasteiger charge is 2.19. The topological polar surface area (TPSA) is 63.6 Å². The van der Waals surface area contributed by atoms with Gasteiger partial charge >= 0.3 is 11.9 Å². The lowest BCUT2D eigenvalue weighted by molar-refractivity contribution is -0.166. The van der Waals surface area contributed by atoms with Crippen molar-refractivity contribution in [1.29, 1.82) is 0 Å². The molecule has 0 heterocycles. The Morgan fingerprint density at radius 2 is 1.12 bits per heavy atom. The first kappa shape index (κ1) is 25.1. The lowest BCUT2D eigenvalue weighted by Gasteiger charge is -2.09. The zero-order valence-electron chi connectivity index (χ0n) is 17.3. The zero-order chi connectivity index (χ0) is 19.5. The van der Waals surface area contributed by atoms with Crippen molar-refractivity contribution in [3.05, 3.63) is 0 Å². The Labute approximate surface area is 161 Å². The van der Waals surface area contributed by atoms with Crippen LogP contribution in [-0.4, -0.2) is 23.1 Å². The third-order valence-corrected chi connectivity index (χ3v) is 4.77. The molecule has 0 aliphatic heterocycles. The van der Waals surface area contributed by atoms with Crippen molar-refractivity contribution in [2.75, 3.05) is 0 Å². The van der Waals surface area contributed by atoms with Crippen LogP contribution >= 0.6 is 0 Å². The van der Waals surface area contributed by atoms with Crippen molar-refractivity contribution in [3.8, 4) is 0 Å². The molecule has 0 aromatic rings. The fourth-order valence-electron chi connectivity index (χ4n) is 3.09. The Hall–Kier alpha value is -0.900. The van der Waals surface area contributed by atoms with Crippen LogP contribution in [-0.2, 0) is 14.3 Å². The van der Waals surface area contributed by atoms with E-state index in [9.17, 15) is 14.7 Å². The maximum absolute atomic E-state index is 11.5. The van der Waals surface area contributed by atoms with E-state index < -0.39 is 18.0 Å². The summed E-state index contributed by atoms with van der Waals surface area (Å²) in [5.41, 5.74) is 0. The molecule has 0 bridgehead atoms. The molecule has 0 rings (SSSR count). The summed E-state index contributed by atoms with van der Waals surface area (Å²) in [6.45, 7) is 4.10. The van der Waals surface area contributed by atoms with Gasteiger partial charge < -0.3 is 9.84 Å². The van der Waals surface area contributed by atoms with Crippen LogP contribution in [0.1, 0.15) is 123 Å². The molecule has 1 N–H and O–H groups in total. The van der Waals surface area contributed by atoms with Crippen molar-refractivity contribution in [1.82, 2.24) is 0 Å². The number of carbonyl (C=O) groups excluding carboxylic acids is 2. The van der Waals surface area contributed by atoms with Crippen LogP contribution in [0.3, 0.4) is 0 Å². The molecule has 26 heavy (non-hydrogen) atoms. The van der Waals surface area contributed by atoms with Gasteiger partial charge in [0.2, 0.25) is 0 Å². The average molecular weight is 371 g/mol. The van der Waals surface area contributed by atoms with Crippen LogP contribution in [0, 0.1) is 0 Å². The van der Waals surface area contributed by atoms with Gasteiger partial charge in [-0.1, -0.05) is 104 Å². The number of ether oxygens (including phenoxy) is 1. The Balaban J connectivity index is 3.32. The normalized spacial score (nSPS) is 12.1. The van der Waals surface area contributed by atoms with Crippen LogP contribution in [0.4, 0.5) is 0 Å². The maximum atomic E-state index is 11.5. The van der Waals surface area contributed by atoms with Crippen LogP contribution in [0.25, 0.3) is 0 Å². The van der Waals surface area contributed by atoms with Gasteiger partial charge in [-0.2, -0.15) is 0 Å². The van der Waals surface area contributed by atoms with Gasteiger partial charge in [-0.3, -0.25) is 4.79 Å². The molecule has 4 heteroatoms. The van der Waals surface area contributed by atoms with E-state index in [4.69, 9.17) is 0 Å². The van der Waals surface area contributed by atoms with Crippen molar-refractivity contribution < 1.29 is 19.4 Å². The minimum absolute atomic E-state index is 0.220. The molecule has 154 valence electrons. The smallest absolute Gasteiger partial charge is 0.342 e. The Bertz CT molecular complexity index is 341. The minimum Gasteiger partial charge on any atom is -0.391 e. The summed E-state index contributed by atoms with van der Waals surface area (Å²) >= 11 is 0. The molecular weight excluding hydrogens is 328 g/mol. The van der Waals surface area contributed by atoms with Crippen LogP contribution in [0.2, 0.25) is 0 Å². The third-order valence-electron chi connectivity index (χ3n) is 4.77. The molecule has 0 aromatic heterocycles. The number of esters is 2. The van der Waals surface area contributed by atoms with Crippen molar-refractivity contribution in [3.63, 3.8) is 0 Å². The van der Waals surface area contributed by atoms with Crippen molar-refractivity contribution in [2.24, 2.45) is 0 Å². The van der Waals surface area contributed by atoms with Crippen LogP contribution in [0.15, 0.2) is 0 Å². The fourth-order valence-corrected chi connectivity index (χ4v) is 3.09. The molecule has 0 fully saturated rings. The molecule has 1 atom stereocenters. The highest BCUT2D eigenvalue weighted by Crippen LogP contribution is 2.14. The largest absolute Gasteiger partial charge is 0.391 e. The molecule has 1 unspecified atom stereocenters. The highest BCUT2D eigenvalue weighted by atomic mass is 16.6. The molecule has 0 saturated heterocycles. The van der Waals surface area contributed by atoms with E-state index in [1.165, 1.54) is 70.6 Å². The van der Waals surface area contributed by atoms with Gasteiger partial charge in [0.15, 0.2) is 6.10 Å². The predicted octanol–water partition coefficient (Wildman–Crippen LogP) is 6.09. The molecule has 0 amide bonds. The summed E-state index contributed by atoms with van der Waals surface area (Å²) in [6.07, 6.45) is 17.9. The van der Waals surface area contributed by atoms with Gasteiger partial charge in [-0.25, -0.2) is 4.79 Å². The van der Waals surface area contributed by atoms with E-state index >= 15 is 0 Å². The van der Waals surface area contributed by atoms with Gasteiger partial charge in [-0.15, -0.1) is 0 Å². The molecule has 0 saturated carbocycles. The summed E-state index contributed by atoms with van der Waals surface area (Å²) in [6, 6.07) is 0. The molecule has 0 spiro atoms. The van der Waals surface area contributed by atoms with E-state index in [0.29, 0.717) is 12.8 Å². The van der Waals surface area contributed by atoms with E-state index in [1.54, 1.807) is 0 Å². The minimum atomic E-state index is -1.16. The summed E-state index contributed by atoms with van der Waals surface area (Å²) in [5, 5.41) is 9.70. The van der Waals surface area contributed by atoms with Crippen molar-refractivity contribution >= 4 is 11.9 Å². The molecule has 0 aliphatic carbocycles. The Morgan fingerprint density at radius 3 is 1.54 bits per heavy atom. The molecule has 0 aromatic carbocycles. The first-order chi connectivity index (χ1) is 12.6. The van der Waals surface area contributed by atoms with Gasteiger partial charge in [0.05, 0.1) is 0 Å². The standard InChI is InChI=1S/C22H42O4/c1-3-5-6-7-8-9-10-11-12-13-14-15-16-17-19-20(23)22(25)26-21(24)18-4-2/h20,23H,3-19H2,1-2H3. The number of rotatable bonds is 18. The highest BCUT2D eigenvalue weighted by molar-refractivity contribution is 5.87. The first-order valence-electron chi connectivity index (χ1n) is 11.0. The van der Waals surface area contributed by atoms with Crippen molar-refractivity contribution in [2.45, 2.75) is 129 Å². The SMILES string of the molecule is CCCCCCCCCCCCCCCCC(O)C(=O)OC(=O)CCC. The Kier molecular flexibility index (Phi) is 18.2. The zero-order valence-corrected chi connectivity index (χ0v) is 17.3. The van der Waals surface area contributed by atoms with Crippen LogP contribution in [0.5, 0.6) is 0 Å². The lowest BCUT2D eigenvalue weighted by Crippen LogP contribution is -2.25. The predicted molar refractivity (Wildman–Crippen MR) is 107 cm³/mol. The Morgan fingerprint density at radius 1 is 0.692 bits per heavy atom. The third kappa shape index (κ3) is 16.6. The fraction of sp³-hybridized carbons (Fsp3) is 0.909. The number of hydrogen-bond acceptors (Lipinski definition) is 4. The van der Waals surface area contributed by atoms with Gasteiger partial charge in [0.25, 0.3) is 0 Å². The number of hydrogen-bond donors (Lipinski definition) is 1. The second-order valence-electron chi connectivity index (χ2n) is 7.44. The second-order valence-corrected chi connectivity index (χ2v) is 7.44. The number of carbonyl (C=O) groups is 2. The van der Waals surface area contributed by atoms with Gasteiger partial charge in [0, 0.05) is 6.42 Å². The van der Waals surface area contributed by atoms with E-state index in [1.807, 2.05) is 6.92 Å². The summed E-state index contributed by atoms with van der Waals surface area (Å²) < 4.78 is 4.59. The van der Waals surface area contributed by atoms with Crippen LogP contribution < -0.4 is 0 Å². The average Bonchev–Trinajstić information content (AvgIpc) is 2.61. The van der Waals surface area contributed by atoms with Gasteiger partial charge in [-0.05, 0) is 12.8 Å². The summed E-state index contributed by atoms with van der Waals surface area (Å²) in [5.74, 6) is -1.34. The second kappa shape index (κ2) is 18.9. The summed E-state index contributed by atoms with van der Waals surface area (Å²) in [4.78, 5) is 22.7. The molecule has 0 aliphatic rings. The van der Waals surface area contributed by atoms with E-state index in [0.717, 1.165) is 19.3 Å². The van der Waals surface area contributed by atoms with Gasteiger partial charge in [0.1, 0.15) is 0 Å². The summed E-state index contributed by atoms with van der Waals surface area (Å²) in [7, 11) is 0. The lowest BCUT2D eigenvalue weighted by atomic mass is 10.0. The number of aliphatic hydroxyl groups excluding tert-OH is 1. The molecule has 0 radical (unpaired) electrons. The first-order valence-corrected chi connectivity index (χ1v) is 11.0. The number of unbranched alkanes of at least 4 members (excludes halogenated alkanes) is 13. The molecule has 4 nitrogen and oxygen atoms in total. The maximum Gasteiger partial charge on any atom is 0.342 e. The van der Waals surface area contributed by atoms with E-state index in [-0.39, 0.29) is 6.42 Å². The quantitative estimate of drug-likeness (QED) is 0.180. The van der Waals surface area contributed by atoms with E-state index in [2.05, 4.69) is 11.7 Å².